The number of nitrogens with zero attached hydrogens (tertiary/aromatic N) is 3. The van der Waals surface area contributed by atoms with Crippen LogP contribution in [0, 0.1) is 11.3 Å². The van der Waals surface area contributed by atoms with Gasteiger partial charge in [0.2, 0.25) is 0 Å². The van der Waals surface area contributed by atoms with Crippen molar-refractivity contribution in [3.63, 3.8) is 0 Å². The van der Waals surface area contributed by atoms with Gasteiger partial charge in [-0.1, -0.05) is 29.8 Å². The minimum Gasteiger partial charge on any atom is -0.475 e. The molecule has 0 saturated carbocycles. The van der Waals surface area contributed by atoms with Crippen molar-refractivity contribution in [1.29, 1.82) is 5.26 Å². The Morgan fingerprint density at radius 1 is 1.03 bits per heavy atom. The number of alkyl halides is 6. The number of aliphatic carboxylic acids is 2. The second-order valence-corrected chi connectivity index (χ2v) is 7.44. The Labute approximate surface area is 208 Å². The highest BCUT2D eigenvalue weighted by molar-refractivity contribution is 6.33. The Balaban J connectivity index is 0.000000286. The number of nitrogens with one attached hydrogen (secondary N) is 1. The van der Waals surface area contributed by atoms with Crippen LogP contribution in [0.1, 0.15) is 16.8 Å². The predicted octanol–water partition coefficient (Wildman–Crippen LogP) is 4.61. The number of carboxylic acid groups (broad SMARTS) is 2. The quantitative estimate of drug-likeness (QED) is 0.319. The Morgan fingerprint density at radius 2 is 1.57 bits per heavy atom. The molecule has 1 aromatic carbocycles. The number of pyridine rings is 1. The van der Waals surface area contributed by atoms with E-state index in [9.17, 15) is 31.6 Å². The fourth-order valence-corrected chi connectivity index (χ4v) is 3.37. The molecular weight excluding hydrogens is 536 g/mol. The molecule has 196 valence electrons. The Hall–Kier alpha value is -4.32. The van der Waals surface area contributed by atoms with Crippen molar-refractivity contribution in [2.24, 2.45) is 0 Å². The molecular formula is C21H14ClF6N5O4. The SMILES string of the molecule is N#Cc1c(N)nc2c(c1-c1ccccc1Cl)CCc1[nH]ncc1-2.O=C(O)C(F)(F)F.O=C(O)C(F)(F)F. The number of halogens is 7. The predicted molar refractivity (Wildman–Crippen MR) is 116 cm³/mol. The van der Waals surface area contributed by atoms with Gasteiger partial charge in [-0.05, 0) is 24.5 Å². The van der Waals surface area contributed by atoms with Crippen molar-refractivity contribution in [1.82, 2.24) is 15.2 Å². The largest absolute Gasteiger partial charge is 0.490 e. The van der Waals surface area contributed by atoms with Crippen molar-refractivity contribution in [2.75, 3.05) is 5.73 Å². The molecule has 0 atom stereocenters. The number of benzene rings is 1. The van der Waals surface area contributed by atoms with Crippen LogP contribution in [0.2, 0.25) is 5.02 Å². The highest BCUT2D eigenvalue weighted by Crippen LogP contribution is 2.42. The van der Waals surface area contributed by atoms with Crippen LogP contribution >= 0.6 is 11.6 Å². The number of nitrogen functional groups attached to an aromatic ring is 1. The molecule has 0 saturated heterocycles. The Morgan fingerprint density at radius 3 is 2.05 bits per heavy atom. The summed E-state index contributed by atoms with van der Waals surface area (Å²) >= 11 is 6.37. The number of carbonyl (C=O) groups is 2. The number of anilines is 1. The van der Waals surface area contributed by atoms with E-state index >= 15 is 0 Å². The molecule has 16 heteroatoms. The van der Waals surface area contributed by atoms with Crippen LogP contribution < -0.4 is 5.73 Å². The fourth-order valence-electron chi connectivity index (χ4n) is 3.14. The van der Waals surface area contributed by atoms with Crippen LogP contribution in [-0.4, -0.2) is 49.7 Å². The minimum absolute atomic E-state index is 0.218. The summed E-state index contributed by atoms with van der Waals surface area (Å²) in [6.07, 6.45) is -6.84. The number of aromatic nitrogens is 3. The molecule has 2 aromatic heterocycles. The van der Waals surface area contributed by atoms with E-state index in [-0.39, 0.29) is 5.82 Å². The average molecular weight is 550 g/mol. The van der Waals surface area contributed by atoms with Gasteiger partial charge in [-0.25, -0.2) is 14.6 Å². The van der Waals surface area contributed by atoms with Gasteiger partial charge in [-0.15, -0.1) is 0 Å². The zero-order valence-corrected chi connectivity index (χ0v) is 18.8. The first kappa shape index (κ1) is 28.9. The van der Waals surface area contributed by atoms with E-state index in [2.05, 4.69) is 21.3 Å². The number of hydrogen-bond acceptors (Lipinski definition) is 6. The number of rotatable bonds is 1. The lowest BCUT2D eigenvalue weighted by atomic mass is 9.86. The Bertz CT molecular complexity index is 1340. The van der Waals surface area contributed by atoms with Gasteiger partial charge in [-0.3, -0.25) is 5.10 Å². The first-order chi connectivity index (χ1) is 17.1. The number of nitriles is 1. The number of aromatic amines is 1. The third-order valence-electron chi connectivity index (χ3n) is 4.66. The smallest absolute Gasteiger partial charge is 0.475 e. The van der Waals surface area contributed by atoms with Gasteiger partial charge < -0.3 is 15.9 Å². The lowest BCUT2D eigenvalue weighted by Gasteiger charge is -2.21. The molecule has 9 nitrogen and oxygen atoms in total. The number of carboxylic acids is 2. The summed E-state index contributed by atoms with van der Waals surface area (Å²) in [5.74, 6) is -5.30. The highest BCUT2D eigenvalue weighted by Gasteiger charge is 2.38. The van der Waals surface area contributed by atoms with Crippen molar-refractivity contribution in [3.8, 4) is 28.5 Å². The molecule has 1 aliphatic rings. The third kappa shape index (κ3) is 6.88. The van der Waals surface area contributed by atoms with E-state index in [1.165, 1.54) is 0 Å². The first-order valence-corrected chi connectivity index (χ1v) is 10.1. The monoisotopic (exact) mass is 549 g/mol. The van der Waals surface area contributed by atoms with Crippen LogP contribution in [-0.2, 0) is 22.4 Å². The second-order valence-electron chi connectivity index (χ2n) is 7.03. The van der Waals surface area contributed by atoms with E-state index in [0.29, 0.717) is 10.6 Å². The van der Waals surface area contributed by atoms with Crippen LogP contribution in [0.5, 0.6) is 0 Å². The van der Waals surface area contributed by atoms with Crippen molar-refractivity contribution in [3.05, 3.63) is 52.3 Å². The molecule has 0 amide bonds. The van der Waals surface area contributed by atoms with Gasteiger partial charge in [0.15, 0.2) is 0 Å². The van der Waals surface area contributed by atoms with Gasteiger partial charge in [0.25, 0.3) is 0 Å². The molecule has 0 bridgehead atoms. The standard InChI is InChI=1S/C17H12ClN5.2C2HF3O2/c18-13-4-2-1-3-9(13)15-10-5-6-14-12(8-21-23-14)16(10)22-17(20)11(15)7-19;2*3-2(4,5)1(6)7/h1-4,8H,5-6H2,(H2,20,22)(H,21,23);2*(H,6,7). The number of nitrogens with two attached hydrogens (primary N) is 1. The molecule has 0 fully saturated rings. The number of H-pyrrole nitrogens is 1. The summed E-state index contributed by atoms with van der Waals surface area (Å²) in [6.45, 7) is 0. The molecule has 3 aromatic rings. The molecule has 2 heterocycles. The second kappa shape index (κ2) is 11.2. The van der Waals surface area contributed by atoms with Crippen LogP contribution in [0.15, 0.2) is 30.5 Å². The zero-order valence-electron chi connectivity index (χ0n) is 18.1. The summed E-state index contributed by atoms with van der Waals surface area (Å²) in [4.78, 5) is 22.3. The number of hydrogen-bond donors (Lipinski definition) is 4. The summed E-state index contributed by atoms with van der Waals surface area (Å²) < 4.78 is 63.5. The van der Waals surface area contributed by atoms with Crippen molar-refractivity contribution >= 4 is 29.4 Å². The lowest BCUT2D eigenvalue weighted by Crippen LogP contribution is -2.21. The van der Waals surface area contributed by atoms with E-state index in [4.69, 9.17) is 37.1 Å². The zero-order chi connectivity index (χ0) is 28.1. The molecule has 1 aliphatic carbocycles. The van der Waals surface area contributed by atoms with E-state index in [1.54, 1.807) is 6.20 Å². The third-order valence-corrected chi connectivity index (χ3v) is 4.99. The maximum Gasteiger partial charge on any atom is 0.490 e. The summed E-state index contributed by atoms with van der Waals surface area (Å²) in [7, 11) is 0. The van der Waals surface area contributed by atoms with Gasteiger partial charge >= 0.3 is 24.3 Å². The highest BCUT2D eigenvalue weighted by atomic mass is 35.5. The molecule has 0 radical (unpaired) electrons. The normalized spacial score (nSPS) is 11.9. The maximum absolute atomic E-state index is 10.6. The lowest BCUT2D eigenvalue weighted by molar-refractivity contribution is -0.193. The van der Waals surface area contributed by atoms with Crippen LogP contribution in [0.4, 0.5) is 32.2 Å². The van der Waals surface area contributed by atoms with Gasteiger partial charge in [0.1, 0.15) is 17.5 Å². The summed E-state index contributed by atoms with van der Waals surface area (Å²) in [5, 5.41) is 31.5. The molecule has 37 heavy (non-hydrogen) atoms. The van der Waals surface area contributed by atoms with Gasteiger partial charge in [0, 0.05) is 27.4 Å². The number of fused-ring (bicyclic) bond motifs is 3. The molecule has 0 spiro atoms. The fraction of sp³-hybridized carbons (Fsp3) is 0.190. The van der Waals surface area contributed by atoms with E-state index < -0.39 is 24.3 Å². The maximum atomic E-state index is 10.6. The summed E-state index contributed by atoms with van der Waals surface area (Å²) in [5.41, 5.74) is 11.8. The molecule has 4 rings (SSSR count). The minimum atomic E-state index is -5.08. The van der Waals surface area contributed by atoms with E-state index in [1.807, 2.05) is 24.3 Å². The first-order valence-electron chi connectivity index (χ1n) is 9.69. The van der Waals surface area contributed by atoms with Gasteiger partial charge in [-0.2, -0.15) is 36.7 Å². The van der Waals surface area contributed by atoms with Crippen LogP contribution in [0.3, 0.4) is 0 Å². The van der Waals surface area contributed by atoms with Crippen LogP contribution in [0.25, 0.3) is 22.4 Å². The van der Waals surface area contributed by atoms with E-state index in [0.717, 1.165) is 46.5 Å². The van der Waals surface area contributed by atoms with Crippen molar-refractivity contribution in [2.45, 2.75) is 25.2 Å². The molecule has 5 N–H and O–H groups in total. The van der Waals surface area contributed by atoms with Gasteiger partial charge in [0.05, 0.1) is 11.9 Å². The average Bonchev–Trinajstić information content (AvgIpc) is 3.28. The molecule has 0 aliphatic heterocycles. The summed E-state index contributed by atoms with van der Waals surface area (Å²) in [6, 6.07) is 9.67. The Kier molecular flexibility index (Phi) is 8.72. The topological polar surface area (TPSA) is 166 Å². The van der Waals surface area contributed by atoms with Crippen molar-refractivity contribution < 1.29 is 46.1 Å². The molecule has 0 unspecified atom stereocenters. The number of aryl methyl sites for hydroxylation is 1.